The van der Waals surface area contributed by atoms with Gasteiger partial charge in [0, 0.05) is 6.61 Å². The summed E-state index contributed by atoms with van der Waals surface area (Å²) in [7, 11) is 2.04. The SMILES string of the molecule is CCOC(C1CC1)C(NC)c1ccc(C(C)C)cc1. The molecule has 2 atom stereocenters. The minimum atomic E-state index is 0.314. The van der Waals surface area contributed by atoms with Gasteiger partial charge in [0.25, 0.3) is 0 Å². The molecular formula is C17H27NO. The number of nitrogens with one attached hydrogen (secondary N) is 1. The molecule has 1 aliphatic rings. The first-order valence-electron chi connectivity index (χ1n) is 7.56. The summed E-state index contributed by atoms with van der Waals surface area (Å²) in [6.07, 6.45) is 2.94. The Morgan fingerprint density at radius 3 is 2.16 bits per heavy atom. The Balaban J connectivity index is 2.15. The van der Waals surface area contributed by atoms with E-state index >= 15 is 0 Å². The highest BCUT2D eigenvalue weighted by molar-refractivity contribution is 5.28. The van der Waals surface area contributed by atoms with Gasteiger partial charge in [-0.2, -0.15) is 0 Å². The van der Waals surface area contributed by atoms with Crippen molar-refractivity contribution in [2.24, 2.45) is 5.92 Å². The van der Waals surface area contributed by atoms with Crippen LogP contribution in [0.2, 0.25) is 0 Å². The molecule has 1 N–H and O–H groups in total. The highest BCUT2D eigenvalue weighted by atomic mass is 16.5. The number of rotatable bonds is 7. The fourth-order valence-corrected chi connectivity index (χ4v) is 2.73. The normalized spacial score (nSPS) is 18.6. The molecule has 1 aliphatic carbocycles. The monoisotopic (exact) mass is 261 g/mol. The Bertz CT molecular complexity index is 381. The third-order valence-electron chi connectivity index (χ3n) is 4.05. The van der Waals surface area contributed by atoms with Crippen LogP contribution in [-0.2, 0) is 4.74 Å². The predicted octanol–water partition coefficient (Wildman–Crippen LogP) is 3.89. The average molecular weight is 261 g/mol. The molecule has 0 spiro atoms. The molecule has 0 saturated heterocycles. The first kappa shape index (κ1) is 14.5. The van der Waals surface area contributed by atoms with Gasteiger partial charge < -0.3 is 10.1 Å². The second-order valence-electron chi connectivity index (χ2n) is 5.85. The van der Waals surface area contributed by atoms with Gasteiger partial charge in [-0.1, -0.05) is 38.1 Å². The molecular weight excluding hydrogens is 234 g/mol. The number of likely N-dealkylation sites (N-methyl/N-ethyl adjacent to an activating group) is 1. The van der Waals surface area contributed by atoms with Gasteiger partial charge in [-0.15, -0.1) is 0 Å². The summed E-state index contributed by atoms with van der Waals surface area (Å²) in [5.41, 5.74) is 2.75. The van der Waals surface area contributed by atoms with Gasteiger partial charge >= 0.3 is 0 Å². The van der Waals surface area contributed by atoms with E-state index in [1.54, 1.807) is 0 Å². The van der Waals surface area contributed by atoms with E-state index < -0.39 is 0 Å². The molecule has 2 rings (SSSR count). The predicted molar refractivity (Wildman–Crippen MR) is 80.5 cm³/mol. The molecule has 0 aromatic heterocycles. The van der Waals surface area contributed by atoms with Gasteiger partial charge in [0.05, 0.1) is 12.1 Å². The molecule has 0 amide bonds. The van der Waals surface area contributed by atoms with Crippen LogP contribution in [0.5, 0.6) is 0 Å². The fourth-order valence-electron chi connectivity index (χ4n) is 2.73. The quantitative estimate of drug-likeness (QED) is 0.804. The molecule has 106 valence electrons. The number of benzene rings is 1. The molecule has 19 heavy (non-hydrogen) atoms. The van der Waals surface area contributed by atoms with E-state index in [0.717, 1.165) is 12.5 Å². The molecule has 0 heterocycles. The van der Waals surface area contributed by atoms with Crippen LogP contribution in [0, 0.1) is 5.92 Å². The number of hydrogen-bond donors (Lipinski definition) is 1. The van der Waals surface area contributed by atoms with E-state index in [-0.39, 0.29) is 0 Å². The number of ether oxygens (including phenoxy) is 1. The van der Waals surface area contributed by atoms with Crippen molar-refractivity contribution < 1.29 is 4.74 Å². The van der Waals surface area contributed by atoms with Gasteiger partial charge in [0.15, 0.2) is 0 Å². The molecule has 2 unspecified atom stereocenters. The van der Waals surface area contributed by atoms with Crippen LogP contribution in [-0.4, -0.2) is 19.8 Å². The zero-order valence-corrected chi connectivity index (χ0v) is 12.6. The van der Waals surface area contributed by atoms with Crippen molar-refractivity contribution in [1.29, 1.82) is 0 Å². The smallest absolute Gasteiger partial charge is 0.0797 e. The molecule has 1 saturated carbocycles. The van der Waals surface area contributed by atoms with Crippen LogP contribution in [0.3, 0.4) is 0 Å². The highest BCUT2D eigenvalue weighted by Gasteiger charge is 2.37. The Morgan fingerprint density at radius 1 is 1.16 bits per heavy atom. The second kappa shape index (κ2) is 6.53. The summed E-state index contributed by atoms with van der Waals surface area (Å²) in [6, 6.07) is 9.32. The minimum Gasteiger partial charge on any atom is -0.376 e. The van der Waals surface area contributed by atoms with Crippen LogP contribution < -0.4 is 5.32 Å². The average Bonchev–Trinajstić information content (AvgIpc) is 3.23. The van der Waals surface area contributed by atoms with Crippen LogP contribution in [0.25, 0.3) is 0 Å². The summed E-state index contributed by atoms with van der Waals surface area (Å²) in [5.74, 6) is 1.33. The van der Waals surface area contributed by atoms with Gasteiger partial charge in [-0.05, 0) is 49.8 Å². The van der Waals surface area contributed by atoms with Crippen molar-refractivity contribution in [3.05, 3.63) is 35.4 Å². The highest BCUT2D eigenvalue weighted by Crippen LogP contribution is 2.40. The Labute approximate surface area is 117 Å². The zero-order valence-electron chi connectivity index (χ0n) is 12.6. The van der Waals surface area contributed by atoms with E-state index in [0.29, 0.717) is 18.1 Å². The topological polar surface area (TPSA) is 21.3 Å². The molecule has 1 aromatic rings. The third-order valence-corrected chi connectivity index (χ3v) is 4.05. The molecule has 0 radical (unpaired) electrons. The molecule has 1 fully saturated rings. The van der Waals surface area contributed by atoms with Crippen molar-refractivity contribution in [2.75, 3.05) is 13.7 Å². The first-order valence-corrected chi connectivity index (χ1v) is 7.56. The van der Waals surface area contributed by atoms with Crippen molar-refractivity contribution in [3.63, 3.8) is 0 Å². The van der Waals surface area contributed by atoms with Crippen molar-refractivity contribution >= 4 is 0 Å². The summed E-state index contributed by atoms with van der Waals surface area (Å²) < 4.78 is 5.99. The summed E-state index contributed by atoms with van der Waals surface area (Å²) in [4.78, 5) is 0. The van der Waals surface area contributed by atoms with E-state index in [4.69, 9.17) is 4.74 Å². The van der Waals surface area contributed by atoms with Crippen LogP contribution in [0.15, 0.2) is 24.3 Å². The van der Waals surface area contributed by atoms with Gasteiger partial charge in [0.2, 0.25) is 0 Å². The lowest BCUT2D eigenvalue weighted by Crippen LogP contribution is -2.33. The van der Waals surface area contributed by atoms with E-state index in [1.165, 1.54) is 24.0 Å². The fraction of sp³-hybridized carbons (Fsp3) is 0.647. The standard InChI is InChI=1S/C17H27NO/c1-5-19-17(15-10-11-15)16(18-4)14-8-6-13(7-9-14)12(2)3/h6-9,12,15-18H,5,10-11H2,1-4H3. The zero-order chi connectivity index (χ0) is 13.8. The maximum absolute atomic E-state index is 5.99. The van der Waals surface area contributed by atoms with Gasteiger partial charge in [-0.3, -0.25) is 0 Å². The molecule has 2 nitrogen and oxygen atoms in total. The van der Waals surface area contributed by atoms with Crippen LogP contribution >= 0.6 is 0 Å². The molecule has 0 aliphatic heterocycles. The lowest BCUT2D eigenvalue weighted by atomic mass is 9.95. The minimum absolute atomic E-state index is 0.314. The van der Waals surface area contributed by atoms with Gasteiger partial charge in [-0.25, -0.2) is 0 Å². The van der Waals surface area contributed by atoms with E-state index in [1.807, 2.05) is 7.05 Å². The summed E-state index contributed by atoms with van der Waals surface area (Å²) >= 11 is 0. The van der Waals surface area contributed by atoms with Crippen molar-refractivity contribution in [2.45, 2.75) is 51.7 Å². The van der Waals surface area contributed by atoms with Crippen molar-refractivity contribution in [3.8, 4) is 0 Å². The lowest BCUT2D eigenvalue weighted by molar-refractivity contribution is 0.0205. The Kier molecular flexibility index (Phi) is 5.00. The second-order valence-corrected chi connectivity index (χ2v) is 5.85. The van der Waals surface area contributed by atoms with E-state index in [2.05, 4.69) is 50.4 Å². The van der Waals surface area contributed by atoms with Gasteiger partial charge in [0.1, 0.15) is 0 Å². The largest absolute Gasteiger partial charge is 0.376 e. The van der Waals surface area contributed by atoms with Crippen LogP contribution in [0.4, 0.5) is 0 Å². The van der Waals surface area contributed by atoms with Crippen LogP contribution in [0.1, 0.15) is 56.7 Å². The van der Waals surface area contributed by atoms with E-state index in [9.17, 15) is 0 Å². The first-order chi connectivity index (χ1) is 9.17. The molecule has 2 heteroatoms. The Hall–Kier alpha value is -0.860. The summed E-state index contributed by atoms with van der Waals surface area (Å²) in [5, 5.41) is 3.45. The maximum Gasteiger partial charge on any atom is 0.0797 e. The lowest BCUT2D eigenvalue weighted by Gasteiger charge is -2.27. The summed E-state index contributed by atoms with van der Waals surface area (Å²) in [6.45, 7) is 7.35. The molecule has 1 aromatic carbocycles. The molecule has 0 bridgehead atoms. The number of hydrogen-bond acceptors (Lipinski definition) is 2. The third kappa shape index (κ3) is 3.58. The van der Waals surface area contributed by atoms with Crippen molar-refractivity contribution in [1.82, 2.24) is 5.32 Å². The maximum atomic E-state index is 5.99. The Morgan fingerprint density at radius 2 is 1.74 bits per heavy atom.